The number of hydrogen-bond acceptors (Lipinski definition) is 5. The lowest BCUT2D eigenvalue weighted by molar-refractivity contribution is -0.141. The second-order valence-corrected chi connectivity index (χ2v) is 10.4. The highest BCUT2D eigenvalue weighted by molar-refractivity contribution is 5.86. The van der Waals surface area contributed by atoms with Crippen LogP contribution in [0.5, 0.6) is 0 Å². The Morgan fingerprint density at radius 3 is 2.32 bits per heavy atom. The monoisotopic (exact) mass is 465 g/mol. The van der Waals surface area contributed by atoms with Crippen LogP contribution in [0.25, 0.3) is 0 Å². The van der Waals surface area contributed by atoms with Gasteiger partial charge in [0.1, 0.15) is 0 Å². The van der Waals surface area contributed by atoms with Gasteiger partial charge in [-0.15, -0.1) is 0 Å². The highest BCUT2D eigenvalue weighted by Gasteiger charge is 2.51. The lowest BCUT2D eigenvalue weighted by atomic mass is 9.78. The Morgan fingerprint density at radius 2 is 1.65 bits per heavy atom. The summed E-state index contributed by atoms with van der Waals surface area (Å²) in [5.74, 6) is 0.233. The number of aliphatic hydroxyl groups is 1. The molecule has 1 aromatic rings. The molecule has 8 heteroatoms. The number of hydrogen-bond donors (Lipinski definition) is 1. The summed E-state index contributed by atoms with van der Waals surface area (Å²) in [6, 6.07) is 10.1. The summed E-state index contributed by atoms with van der Waals surface area (Å²) in [5, 5.41) is 18.8. The molecule has 8 nitrogen and oxygen atoms in total. The predicted octanol–water partition coefficient (Wildman–Crippen LogP) is 2.42. The van der Waals surface area contributed by atoms with Crippen LogP contribution in [0.15, 0.2) is 24.3 Å². The topological polar surface area (TPSA) is 91.1 Å². The number of likely N-dealkylation sites (tertiary alicyclic amines) is 2. The summed E-state index contributed by atoms with van der Waals surface area (Å²) in [7, 11) is 0. The summed E-state index contributed by atoms with van der Waals surface area (Å²) < 4.78 is 0. The lowest BCUT2D eigenvalue weighted by Crippen LogP contribution is -2.57. The molecule has 3 heterocycles. The van der Waals surface area contributed by atoms with Gasteiger partial charge in [-0.2, -0.15) is 5.26 Å². The zero-order valence-electron chi connectivity index (χ0n) is 19.9. The summed E-state index contributed by atoms with van der Waals surface area (Å²) in [6.45, 7) is 4.88. The van der Waals surface area contributed by atoms with Gasteiger partial charge in [0.15, 0.2) is 0 Å². The number of benzene rings is 1. The minimum absolute atomic E-state index is 0.0607. The van der Waals surface area contributed by atoms with E-state index in [2.05, 4.69) is 15.9 Å². The van der Waals surface area contributed by atoms with E-state index in [9.17, 15) is 14.7 Å². The van der Waals surface area contributed by atoms with Crippen LogP contribution in [0.4, 0.5) is 10.5 Å². The average molecular weight is 466 g/mol. The largest absolute Gasteiger partial charge is 0.393 e. The van der Waals surface area contributed by atoms with E-state index in [1.807, 2.05) is 34.1 Å². The normalized spacial score (nSPS) is 30.1. The van der Waals surface area contributed by atoms with Crippen molar-refractivity contribution in [1.82, 2.24) is 14.7 Å². The van der Waals surface area contributed by atoms with Crippen molar-refractivity contribution in [2.24, 2.45) is 5.41 Å². The van der Waals surface area contributed by atoms with Crippen molar-refractivity contribution in [3.05, 3.63) is 29.8 Å². The minimum Gasteiger partial charge on any atom is -0.393 e. The van der Waals surface area contributed by atoms with Crippen LogP contribution >= 0.6 is 0 Å². The van der Waals surface area contributed by atoms with Crippen molar-refractivity contribution in [2.75, 3.05) is 50.7 Å². The van der Waals surface area contributed by atoms with Gasteiger partial charge in [0.2, 0.25) is 5.91 Å². The van der Waals surface area contributed by atoms with Crippen molar-refractivity contribution in [1.29, 1.82) is 5.26 Å². The molecular weight excluding hydrogens is 430 g/mol. The molecule has 0 radical (unpaired) electrons. The highest BCUT2D eigenvalue weighted by atomic mass is 16.3. The number of nitrogens with zero attached hydrogens (tertiary/aromatic N) is 5. The van der Waals surface area contributed by atoms with E-state index in [1.54, 1.807) is 0 Å². The Labute approximate surface area is 201 Å². The summed E-state index contributed by atoms with van der Waals surface area (Å²) in [6.07, 6.45) is 5.68. The number of carbonyl (C=O) groups is 2. The van der Waals surface area contributed by atoms with Gasteiger partial charge in [-0.1, -0.05) is 0 Å². The van der Waals surface area contributed by atoms with E-state index in [-0.39, 0.29) is 24.1 Å². The van der Waals surface area contributed by atoms with Crippen molar-refractivity contribution in [3.8, 4) is 6.07 Å². The minimum atomic E-state index is -0.422. The molecule has 0 unspecified atom stereocenters. The van der Waals surface area contributed by atoms with Gasteiger partial charge >= 0.3 is 6.03 Å². The predicted molar refractivity (Wildman–Crippen MR) is 128 cm³/mol. The lowest BCUT2D eigenvalue weighted by Gasteiger charge is -2.43. The van der Waals surface area contributed by atoms with Gasteiger partial charge in [0.25, 0.3) is 0 Å². The molecule has 4 fully saturated rings. The van der Waals surface area contributed by atoms with Gasteiger partial charge in [0, 0.05) is 57.5 Å². The number of carbonyl (C=O) groups excluding carboxylic acids is 2. The number of piperidine rings is 1. The zero-order valence-corrected chi connectivity index (χ0v) is 19.9. The molecule has 1 aliphatic carbocycles. The molecule has 3 amide bonds. The van der Waals surface area contributed by atoms with Crippen LogP contribution in [0, 0.1) is 16.7 Å². The molecule has 182 valence electrons. The van der Waals surface area contributed by atoms with Crippen molar-refractivity contribution in [3.63, 3.8) is 0 Å². The molecule has 34 heavy (non-hydrogen) atoms. The standard InChI is InChI=1S/C26H35N5O3/c27-18-20-2-4-21(5-3-20)28-14-16-29(17-15-28)25(34)30-12-1-10-26(19-30)11-13-31(24(26)33)22-6-8-23(32)9-7-22/h2-5,22-23,32H,1,6-17,19H2/t22?,23?,26-/m1/s1. The first-order valence-electron chi connectivity index (χ1n) is 12.8. The SMILES string of the molecule is N#Cc1ccc(N2CCN(C(=O)N3CCC[C@@]4(CCN(C5CCC(O)CC5)C4=O)C3)CC2)cc1. The summed E-state index contributed by atoms with van der Waals surface area (Å²) >= 11 is 0. The first kappa shape index (κ1) is 23.0. The average Bonchev–Trinajstić information content (AvgIpc) is 3.19. The molecule has 5 rings (SSSR count). The maximum absolute atomic E-state index is 13.5. The Hall–Kier alpha value is -2.79. The zero-order chi connectivity index (χ0) is 23.7. The van der Waals surface area contributed by atoms with E-state index in [1.165, 1.54) is 0 Å². The maximum atomic E-state index is 13.5. The van der Waals surface area contributed by atoms with Crippen LogP contribution in [-0.2, 0) is 4.79 Å². The fourth-order valence-electron chi connectivity index (χ4n) is 6.34. The molecule has 0 bridgehead atoms. The molecule has 4 aliphatic rings. The van der Waals surface area contributed by atoms with Gasteiger partial charge in [-0.25, -0.2) is 4.79 Å². The molecule has 1 N–H and O–H groups in total. The van der Waals surface area contributed by atoms with Gasteiger partial charge in [-0.3, -0.25) is 4.79 Å². The third-order valence-electron chi connectivity index (χ3n) is 8.41. The van der Waals surface area contributed by atoms with Crippen molar-refractivity contribution in [2.45, 2.75) is 57.1 Å². The molecule has 3 saturated heterocycles. The molecule has 1 atom stereocenters. The molecular formula is C26H35N5O3. The fraction of sp³-hybridized carbons (Fsp3) is 0.654. The van der Waals surface area contributed by atoms with Gasteiger partial charge < -0.3 is 24.7 Å². The van der Waals surface area contributed by atoms with Gasteiger partial charge in [-0.05, 0) is 69.2 Å². The highest BCUT2D eigenvalue weighted by Crippen LogP contribution is 2.42. The first-order valence-corrected chi connectivity index (χ1v) is 12.8. The summed E-state index contributed by atoms with van der Waals surface area (Å²) in [4.78, 5) is 35.1. The molecule has 1 saturated carbocycles. The van der Waals surface area contributed by atoms with E-state index in [0.717, 1.165) is 76.8 Å². The molecule has 1 spiro atoms. The van der Waals surface area contributed by atoms with Crippen LogP contribution in [0.2, 0.25) is 0 Å². The maximum Gasteiger partial charge on any atom is 0.320 e. The Bertz CT molecular complexity index is 944. The number of nitriles is 1. The van der Waals surface area contributed by atoms with Crippen LogP contribution in [0.3, 0.4) is 0 Å². The number of aliphatic hydroxyl groups excluding tert-OH is 1. The van der Waals surface area contributed by atoms with Crippen LogP contribution in [0.1, 0.15) is 50.5 Å². The molecule has 1 aromatic carbocycles. The number of rotatable bonds is 2. The van der Waals surface area contributed by atoms with Crippen LogP contribution in [-0.4, -0.2) is 89.7 Å². The number of amides is 3. The van der Waals surface area contributed by atoms with E-state index >= 15 is 0 Å². The summed E-state index contributed by atoms with van der Waals surface area (Å²) in [5.41, 5.74) is 1.31. The molecule has 3 aliphatic heterocycles. The third kappa shape index (κ3) is 4.34. The second kappa shape index (κ2) is 9.46. The molecule has 0 aromatic heterocycles. The van der Waals surface area contributed by atoms with Crippen LogP contribution < -0.4 is 4.90 Å². The van der Waals surface area contributed by atoms with E-state index in [0.29, 0.717) is 25.2 Å². The van der Waals surface area contributed by atoms with Crippen molar-refractivity contribution >= 4 is 17.6 Å². The second-order valence-electron chi connectivity index (χ2n) is 10.4. The van der Waals surface area contributed by atoms with Crippen molar-refractivity contribution < 1.29 is 14.7 Å². The number of piperazine rings is 1. The van der Waals surface area contributed by atoms with E-state index in [4.69, 9.17) is 5.26 Å². The Kier molecular flexibility index (Phi) is 6.39. The Morgan fingerprint density at radius 1 is 0.941 bits per heavy atom. The quantitative estimate of drug-likeness (QED) is 0.724. The third-order valence-corrected chi connectivity index (χ3v) is 8.41. The number of urea groups is 1. The smallest absolute Gasteiger partial charge is 0.320 e. The fourth-order valence-corrected chi connectivity index (χ4v) is 6.34. The van der Waals surface area contributed by atoms with E-state index < -0.39 is 5.41 Å². The Balaban J connectivity index is 1.18. The first-order chi connectivity index (χ1) is 16.5. The number of anilines is 1. The van der Waals surface area contributed by atoms with Gasteiger partial charge in [0.05, 0.1) is 23.2 Å².